The molecule has 1 aromatic rings. The predicted molar refractivity (Wildman–Crippen MR) is 63.8 cm³/mol. The quantitative estimate of drug-likeness (QED) is 0.751. The van der Waals surface area contributed by atoms with Crippen LogP contribution in [0, 0.1) is 0 Å². The monoisotopic (exact) mass is 207 g/mol. The van der Waals surface area contributed by atoms with E-state index >= 15 is 0 Å². The summed E-state index contributed by atoms with van der Waals surface area (Å²) in [6.07, 6.45) is 2.71. The fourth-order valence-corrected chi connectivity index (χ4v) is 1.83. The van der Waals surface area contributed by atoms with Gasteiger partial charge in [0.2, 0.25) is 0 Å². The first kappa shape index (κ1) is 12.2. The summed E-state index contributed by atoms with van der Waals surface area (Å²) in [5.74, 6) is 0.0812. The molecule has 15 heavy (non-hydrogen) atoms. The summed E-state index contributed by atoms with van der Waals surface area (Å²) in [6, 6.07) is 10.0. The number of benzene rings is 1. The summed E-state index contributed by atoms with van der Waals surface area (Å²) in [5, 5.41) is 10.0. The van der Waals surface area contributed by atoms with Crippen LogP contribution < -0.4 is 5.73 Å². The highest BCUT2D eigenvalue weighted by Crippen LogP contribution is 2.21. The van der Waals surface area contributed by atoms with Gasteiger partial charge in [-0.25, -0.2) is 0 Å². The second-order valence-corrected chi connectivity index (χ2v) is 3.96. The lowest BCUT2D eigenvalue weighted by Crippen LogP contribution is -2.25. The maximum Gasteiger partial charge on any atom is 0.0620 e. The second-order valence-electron chi connectivity index (χ2n) is 3.96. The molecule has 2 unspecified atom stereocenters. The molecule has 2 heteroatoms. The largest absolute Gasteiger partial charge is 0.392 e. The van der Waals surface area contributed by atoms with Gasteiger partial charge in [-0.15, -0.1) is 0 Å². The molecule has 0 aromatic heterocycles. The van der Waals surface area contributed by atoms with Gasteiger partial charge in [-0.3, -0.25) is 0 Å². The molecule has 2 nitrogen and oxygen atoms in total. The minimum absolute atomic E-state index is 0.0812. The number of aliphatic hydroxyl groups excluding tert-OH is 1. The third kappa shape index (κ3) is 3.65. The van der Waals surface area contributed by atoms with Crippen molar-refractivity contribution in [3.8, 4) is 0 Å². The summed E-state index contributed by atoms with van der Waals surface area (Å²) in [7, 11) is 0. The van der Waals surface area contributed by atoms with Crippen LogP contribution in [0.25, 0.3) is 0 Å². The van der Waals surface area contributed by atoms with E-state index in [1.165, 1.54) is 0 Å². The Balaban J connectivity index is 2.63. The van der Waals surface area contributed by atoms with E-state index in [2.05, 4.69) is 6.92 Å². The van der Waals surface area contributed by atoms with Crippen molar-refractivity contribution in [3.05, 3.63) is 35.9 Å². The van der Waals surface area contributed by atoms with E-state index in [1.807, 2.05) is 30.3 Å². The van der Waals surface area contributed by atoms with Crippen LogP contribution >= 0.6 is 0 Å². The zero-order valence-corrected chi connectivity index (χ0v) is 9.39. The molecular weight excluding hydrogens is 186 g/mol. The van der Waals surface area contributed by atoms with Crippen LogP contribution in [0.15, 0.2) is 30.3 Å². The molecule has 0 amide bonds. The van der Waals surface area contributed by atoms with Crippen LogP contribution in [0.2, 0.25) is 0 Å². The summed E-state index contributed by atoms with van der Waals surface area (Å²) in [6.45, 7) is 2.64. The summed E-state index contributed by atoms with van der Waals surface area (Å²) >= 11 is 0. The number of unbranched alkanes of at least 4 members (excludes halogenated alkanes) is 1. The van der Waals surface area contributed by atoms with Crippen LogP contribution in [0.4, 0.5) is 0 Å². The Morgan fingerprint density at radius 1 is 1.27 bits per heavy atom. The zero-order chi connectivity index (χ0) is 11.1. The standard InChI is InChI=1S/C13H21NO/c1-2-3-9-13(15)12(10-14)11-7-5-4-6-8-11/h4-8,12-13,15H,2-3,9-10,14H2,1H3. The summed E-state index contributed by atoms with van der Waals surface area (Å²) in [5.41, 5.74) is 6.86. The van der Waals surface area contributed by atoms with Crippen molar-refractivity contribution < 1.29 is 5.11 Å². The second kappa shape index (κ2) is 6.59. The maximum atomic E-state index is 10.0. The topological polar surface area (TPSA) is 46.2 Å². The molecular formula is C13H21NO. The fourth-order valence-electron chi connectivity index (χ4n) is 1.83. The molecule has 1 aromatic carbocycles. The number of hydrogen-bond donors (Lipinski definition) is 2. The first-order chi connectivity index (χ1) is 7.29. The Bertz CT molecular complexity index is 260. The van der Waals surface area contributed by atoms with E-state index in [4.69, 9.17) is 5.73 Å². The van der Waals surface area contributed by atoms with Crippen molar-refractivity contribution in [2.45, 2.75) is 38.2 Å². The molecule has 0 bridgehead atoms. The minimum Gasteiger partial charge on any atom is -0.392 e. The van der Waals surface area contributed by atoms with E-state index in [9.17, 15) is 5.11 Å². The van der Waals surface area contributed by atoms with Crippen molar-refractivity contribution in [1.29, 1.82) is 0 Å². The van der Waals surface area contributed by atoms with Crippen LogP contribution in [0.5, 0.6) is 0 Å². The molecule has 0 saturated heterocycles. The van der Waals surface area contributed by atoms with Crippen molar-refractivity contribution in [2.24, 2.45) is 5.73 Å². The Morgan fingerprint density at radius 2 is 1.93 bits per heavy atom. The van der Waals surface area contributed by atoms with Gasteiger partial charge in [0.25, 0.3) is 0 Å². The Hall–Kier alpha value is -0.860. The minimum atomic E-state index is -0.308. The maximum absolute atomic E-state index is 10.0. The summed E-state index contributed by atoms with van der Waals surface area (Å²) < 4.78 is 0. The highest BCUT2D eigenvalue weighted by atomic mass is 16.3. The predicted octanol–water partition coefficient (Wildman–Crippen LogP) is 2.28. The average molecular weight is 207 g/mol. The normalized spacial score (nSPS) is 14.9. The van der Waals surface area contributed by atoms with Gasteiger partial charge in [-0.05, 0) is 12.0 Å². The van der Waals surface area contributed by atoms with E-state index in [0.29, 0.717) is 6.54 Å². The molecule has 0 aliphatic rings. The molecule has 0 aliphatic carbocycles. The van der Waals surface area contributed by atoms with Gasteiger partial charge in [0.1, 0.15) is 0 Å². The van der Waals surface area contributed by atoms with E-state index < -0.39 is 0 Å². The molecule has 84 valence electrons. The smallest absolute Gasteiger partial charge is 0.0620 e. The van der Waals surface area contributed by atoms with Gasteiger partial charge in [-0.2, -0.15) is 0 Å². The molecule has 0 fully saturated rings. The molecule has 0 heterocycles. The van der Waals surface area contributed by atoms with Crippen LogP contribution in [0.1, 0.15) is 37.7 Å². The number of nitrogens with two attached hydrogens (primary N) is 1. The van der Waals surface area contributed by atoms with Crippen molar-refractivity contribution >= 4 is 0 Å². The molecule has 3 N–H and O–H groups in total. The van der Waals surface area contributed by atoms with Gasteiger partial charge in [0.15, 0.2) is 0 Å². The Morgan fingerprint density at radius 3 is 2.47 bits per heavy atom. The highest BCUT2D eigenvalue weighted by Gasteiger charge is 2.18. The first-order valence-corrected chi connectivity index (χ1v) is 5.72. The van der Waals surface area contributed by atoms with E-state index in [1.54, 1.807) is 0 Å². The highest BCUT2D eigenvalue weighted by molar-refractivity contribution is 5.21. The van der Waals surface area contributed by atoms with Gasteiger partial charge in [0, 0.05) is 12.5 Å². The zero-order valence-electron chi connectivity index (χ0n) is 9.39. The molecule has 0 saturated carbocycles. The molecule has 0 spiro atoms. The first-order valence-electron chi connectivity index (χ1n) is 5.72. The fraction of sp³-hybridized carbons (Fsp3) is 0.538. The van der Waals surface area contributed by atoms with Gasteiger partial charge >= 0.3 is 0 Å². The Kier molecular flexibility index (Phi) is 5.37. The third-order valence-corrected chi connectivity index (χ3v) is 2.80. The number of aliphatic hydroxyl groups is 1. The van der Waals surface area contributed by atoms with Crippen LogP contribution in [0.3, 0.4) is 0 Å². The van der Waals surface area contributed by atoms with Crippen LogP contribution in [-0.4, -0.2) is 17.8 Å². The lowest BCUT2D eigenvalue weighted by molar-refractivity contribution is 0.133. The van der Waals surface area contributed by atoms with Gasteiger partial charge < -0.3 is 10.8 Å². The molecule has 1 rings (SSSR count). The third-order valence-electron chi connectivity index (χ3n) is 2.80. The summed E-state index contributed by atoms with van der Waals surface area (Å²) in [4.78, 5) is 0. The number of hydrogen-bond acceptors (Lipinski definition) is 2. The van der Waals surface area contributed by atoms with E-state index in [-0.39, 0.29) is 12.0 Å². The molecule has 0 radical (unpaired) electrons. The van der Waals surface area contributed by atoms with Gasteiger partial charge in [0.05, 0.1) is 6.10 Å². The lowest BCUT2D eigenvalue weighted by Gasteiger charge is -2.21. The average Bonchev–Trinajstić information content (AvgIpc) is 2.29. The van der Waals surface area contributed by atoms with Crippen LogP contribution in [-0.2, 0) is 0 Å². The SMILES string of the molecule is CCCCC(O)C(CN)c1ccccc1. The van der Waals surface area contributed by atoms with E-state index in [0.717, 1.165) is 24.8 Å². The lowest BCUT2D eigenvalue weighted by atomic mass is 9.91. The van der Waals surface area contributed by atoms with Crippen molar-refractivity contribution in [3.63, 3.8) is 0 Å². The van der Waals surface area contributed by atoms with Crippen molar-refractivity contribution in [1.82, 2.24) is 0 Å². The molecule has 0 aliphatic heterocycles. The Labute approximate surface area is 92.1 Å². The van der Waals surface area contributed by atoms with Crippen molar-refractivity contribution in [2.75, 3.05) is 6.54 Å². The number of rotatable bonds is 6. The molecule has 2 atom stereocenters. The van der Waals surface area contributed by atoms with Gasteiger partial charge in [-0.1, -0.05) is 50.1 Å².